The van der Waals surface area contributed by atoms with Crippen molar-refractivity contribution >= 4 is 15.9 Å². The number of hydrogen-bond acceptors (Lipinski definition) is 3. The zero-order valence-corrected chi connectivity index (χ0v) is 12.4. The van der Waals surface area contributed by atoms with Crippen molar-refractivity contribution in [1.82, 2.24) is 0 Å². The quantitative estimate of drug-likeness (QED) is 0.775. The average Bonchev–Trinajstić information content (AvgIpc) is 2.46. The third-order valence-corrected chi connectivity index (χ3v) is 3.32. The molecule has 0 amide bonds. The van der Waals surface area contributed by atoms with Crippen molar-refractivity contribution in [3.63, 3.8) is 0 Å². The van der Waals surface area contributed by atoms with E-state index in [2.05, 4.69) is 15.9 Å². The Bertz CT molecular complexity index is 555. The molecule has 0 atom stereocenters. The van der Waals surface area contributed by atoms with Gasteiger partial charge in [-0.15, -0.1) is 0 Å². The van der Waals surface area contributed by atoms with Gasteiger partial charge in [0.15, 0.2) is 6.79 Å². The van der Waals surface area contributed by atoms with E-state index in [1.54, 1.807) is 14.2 Å². The predicted molar refractivity (Wildman–Crippen MR) is 78.6 cm³/mol. The molecule has 2 aromatic carbocycles. The maximum Gasteiger partial charge on any atom is 0.188 e. The van der Waals surface area contributed by atoms with Crippen LogP contribution in [0.1, 0.15) is 0 Å². The Morgan fingerprint density at radius 1 is 1.00 bits per heavy atom. The normalized spacial score (nSPS) is 10.3. The Morgan fingerprint density at radius 2 is 1.79 bits per heavy atom. The fraction of sp³-hybridized carbons (Fsp3) is 0.200. The highest BCUT2D eigenvalue weighted by atomic mass is 79.9. The van der Waals surface area contributed by atoms with Crippen LogP contribution in [0.3, 0.4) is 0 Å². The van der Waals surface area contributed by atoms with Crippen molar-refractivity contribution in [3.8, 4) is 22.6 Å². The molecule has 0 aliphatic rings. The van der Waals surface area contributed by atoms with Crippen LogP contribution in [0.5, 0.6) is 11.5 Å². The Hall–Kier alpha value is -1.52. The summed E-state index contributed by atoms with van der Waals surface area (Å²) in [4.78, 5) is 0. The van der Waals surface area contributed by atoms with Crippen LogP contribution in [0.15, 0.2) is 46.9 Å². The van der Waals surface area contributed by atoms with Gasteiger partial charge in [0, 0.05) is 7.11 Å². The molecule has 0 N–H and O–H groups in total. The van der Waals surface area contributed by atoms with Gasteiger partial charge in [0.2, 0.25) is 0 Å². The summed E-state index contributed by atoms with van der Waals surface area (Å²) in [7, 11) is 3.26. The number of methoxy groups -OCH3 is 2. The number of hydrogen-bond donors (Lipinski definition) is 0. The van der Waals surface area contributed by atoms with Gasteiger partial charge in [0.25, 0.3) is 0 Å². The second-order valence-electron chi connectivity index (χ2n) is 3.93. The van der Waals surface area contributed by atoms with Crippen molar-refractivity contribution in [3.05, 3.63) is 46.9 Å². The maximum atomic E-state index is 5.50. The molecule has 19 heavy (non-hydrogen) atoms. The lowest BCUT2D eigenvalue weighted by Crippen LogP contribution is -1.99. The molecule has 0 spiro atoms. The van der Waals surface area contributed by atoms with Gasteiger partial charge in [-0.3, -0.25) is 0 Å². The SMILES string of the molecule is COCOc1cc(-c2cccc(OC)c2)ccc1Br. The molecular weight excluding hydrogens is 308 g/mol. The van der Waals surface area contributed by atoms with E-state index < -0.39 is 0 Å². The van der Waals surface area contributed by atoms with E-state index in [9.17, 15) is 0 Å². The van der Waals surface area contributed by atoms with Crippen molar-refractivity contribution in [2.24, 2.45) is 0 Å². The largest absolute Gasteiger partial charge is 0.497 e. The molecule has 0 radical (unpaired) electrons. The summed E-state index contributed by atoms with van der Waals surface area (Å²) in [6.07, 6.45) is 0. The first-order valence-electron chi connectivity index (χ1n) is 5.80. The van der Waals surface area contributed by atoms with Gasteiger partial charge in [0.05, 0.1) is 11.6 Å². The third kappa shape index (κ3) is 3.49. The van der Waals surface area contributed by atoms with E-state index in [1.165, 1.54) is 0 Å². The molecule has 0 fully saturated rings. The van der Waals surface area contributed by atoms with Gasteiger partial charge in [-0.1, -0.05) is 18.2 Å². The van der Waals surface area contributed by atoms with Gasteiger partial charge < -0.3 is 14.2 Å². The zero-order valence-electron chi connectivity index (χ0n) is 10.9. The van der Waals surface area contributed by atoms with E-state index >= 15 is 0 Å². The fourth-order valence-corrected chi connectivity index (χ4v) is 2.08. The summed E-state index contributed by atoms with van der Waals surface area (Å²) in [6.45, 7) is 0.222. The minimum atomic E-state index is 0.222. The van der Waals surface area contributed by atoms with E-state index in [0.29, 0.717) is 0 Å². The first kappa shape index (κ1) is 13.9. The smallest absolute Gasteiger partial charge is 0.188 e. The summed E-state index contributed by atoms with van der Waals surface area (Å²) in [6, 6.07) is 13.9. The van der Waals surface area contributed by atoms with Crippen LogP contribution < -0.4 is 9.47 Å². The topological polar surface area (TPSA) is 27.7 Å². The molecule has 0 aliphatic heterocycles. The van der Waals surface area contributed by atoms with Gasteiger partial charge in [0.1, 0.15) is 11.5 Å². The summed E-state index contributed by atoms with van der Waals surface area (Å²) in [5.74, 6) is 1.59. The fourth-order valence-electron chi connectivity index (χ4n) is 1.72. The highest BCUT2D eigenvalue weighted by Gasteiger charge is 2.05. The van der Waals surface area contributed by atoms with E-state index in [-0.39, 0.29) is 6.79 Å². The van der Waals surface area contributed by atoms with Crippen molar-refractivity contribution in [2.75, 3.05) is 21.0 Å². The van der Waals surface area contributed by atoms with Crippen molar-refractivity contribution < 1.29 is 14.2 Å². The molecule has 0 aromatic heterocycles. The molecule has 2 rings (SSSR count). The molecule has 4 heteroatoms. The summed E-state index contributed by atoms with van der Waals surface area (Å²) in [5.41, 5.74) is 2.14. The summed E-state index contributed by atoms with van der Waals surface area (Å²) < 4.78 is 16.6. The maximum absolute atomic E-state index is 5.50. The zero-order chi connectivity index (χ0) is 13.7. The second-order valence-corrected chi connectivity index (χ2v) is 4.78. The van der Waals surface area contributed by atoms with E-state index in [1.807, 2.05) is 42.5 Å². The molecule has 3 nitrogen and oxygen atoms in total. The van der Waals surface area contributed by atoms with E-state index in [4.69, 9.17) is 14.2 Å². The standard InChI is InChI=1S/C15H15BrO3/c1-17-10-19-15-9-12(6-7-14(15)16)11-4-3-5-13(8-11)18-2/h3-9H,10H2,1-2H3. The highest BCUT2D eigenvalue weighted by molar-refractivity contribution is 9.10. The molecule has 2 aromatic rings. The third-order valence-electron chi connectivity index (χ3n) is 2.67. The van der Waals surface area contributed by atoms with Crippen LogP contribution in [0.2, 0.25) is 0 Å². The number of ether oxygens (including phenoxy) is 3. The molecule has 0 saturated carbocycles. The lowest BCUT2D eigenvalue weighted by atomic mass is 10.1. The monoisotopic (exact) mass is 322 g/mol. The van der Waals surface area contributed by atoms with Gasteiger partial charge in [-0.2, -0.15) is 0 Å². The summed E-state index contributed by atoms with van der Waals surface area (Å²) in [5, 5.41) is 0. The molecule has 0 saturated heterocycles. The van der Waals surface area contributed by atoms with Crippen LogP contribution >= 0.6 is 15.9 Å². The van der Waals surface area contributed by atoms with Crippen LogP contribution in [-0.2, 0) is 4.74 Å². The van der Waals surface area contributed by atoms with Crippen molar-refractivity contribution in [1.29, 1.82) is 0 Å². The Balaban J connectivity index is 2.33. The molecule has 100 valence electrons. The van der Waals surface area contributed by atoms with Crippen molar-refractivity contribution in [2.45, 2.75) is 0 Å². The Morgan fingerprint density at radius 3 is 2.53 bits per heavy atom. The highest BCUT2D eigenvalue weighted by Crippen LogP contribution is 2.32. The second kappa shape index (κ2) is 6.59. The van der Waals surface area contributed by atoms with Gasteiger partial charge in [-0.25, -0.2) is 0 Å². The molecule has 0 bridgehead atoms. The minimum absolute atomic E-state index is 0.222. The average molecular weight is 323 g/mol. The summed E-state index contributed by atoms with van der Waals surface area (Å²) >= 11 is 3.46. The lowest BCUT2D eigenvalue weighted by Gasteiger charge is -2.10. The first-order valence-corrected chi connectivity index (χ1v) is 6.59. The van der Waals surface area contributed by atoms with Crippen LogP contribution in [-0.4, -0.2) is 21.0 Å². The molecule has 0 heterocycles. The van der Waals surface area contributed by atoms with Crippen LogP contribution in [0.4, 0.5) is 0 Å². The Labute approximate surface area is 121 Å². The predicted octanol–water partition coefficient (Wildman–Crippen LogP) is 4.11. The van der Waals surface area contributed by atoms with Crippen LogP contribution in [0.25, 0.3) is 11.1 Å². The van der Waals surface area contributed by atoms with E-state index in [0.717, 1.165) is 27.1 Å². The molecule has 0 aliphatic carbocycles. The van der Waals surface area contributed by atoms with Crippen LogP contribution in [0, 0.1) is 0 Å². The Kier molecular flexibility index (Phi) is 4.82. The number of halogens is 1. The molecule has 0 unspecified atom stereocenters. The van der Waals surface area contributed by atoms with Gasteiger partial charge >= 0.3 is 0 Å². The minimum Gasteiger partial charge on any atom is -0.497 e. The number of benzene rings is 2. The molecular formula is C15H15BrO3. The van der Waals surface area contributed by atoms with Gasteiger partial charge in [-0.05, 0) is 51.3 Å². The lowest BCUT2D eigenvalue weighted by molar-refractivity contribution is 0.0506. The number of rotatable bonds is 5. The first-order chi connectivity index (χ1) is 9.24.